The summed E-state index contributed by atoms with van der Waals surface area (Å²) in [7, 11) is 0. The average molecular weight is 308 g/mol. The van der Waals surface area contributed by atoms with Crippen molar-refractivity contribution in [1.82, 2.24) is 5.32 Å². The molecule has 2 N–H and O–H groups in total. The smallest absolute Gasteiger partial charge is 0.254 e. The van der Waals surface area contributed by atoms with Crippen molar-refractivity contribution in [2.24, 2.45) is 0 Å². The summed E-state index contributed by atoms with van der Waals surface area (Å²) in [6.45, 7) is 1.88. The van der Waals surface area contributed by atoms with Gasteiger partial charge in [-0.25, -0.2) is 4.39 Å². The lowest BCUT2D eigenvalue weighted by Crippen LogP contribution is -2.29. The maximum absolute atomic E-state index is 13.6. The highest BCUT2D eigenvalue weighted by Crippen LogP contribution is 2.17. The molecule has 0 aliphatic heterocycles. The first-order valence-electron chi connectivity index (χ1n) is 6.46. The standard InChI is InChI=1S/C16H15ClFNO2/c1-10-4-2-3-5-12(10)15(20)9-19-16(21)13-7-6-11(17)8-14(13)18/h2-8,15,20H,9H2,1H3,(H,19,21). The van der Waals surface area contributed by atoms with E-state index >= 15 is 0 Å². The highest BCUT2D eigenvalue weighted by atomic mass is 35.5. The number of aryl methyl sites for hydroxylation is 1. The fourth-order valence-electron chi connectivity index (χ4n) is 2.03. The molecular formula is C16H15ClFNO2. The van der Waals surface area contributed by atoms with Gasteiger partial charge in [-0.15, -0.1) is 0 Å². The molecule has 1 atom stereocenters. The maximum atomic E-state index is 13.6. The molecule has 1 unspecified atom stereocenters. The molecule has 0 fully saturated rings. The third kappa shape index (κ3) is 3.80. The highest BCUT2D eigenvalue weighted by Gasteiger charge is 2.15. The van der Waals surface area contributed by atoms with Gasteiger partial charge < -0.3 is 10.4 Å². The van der Waals surface area contributed by atoms with Crippen LogP contribution in [0.25, 0.3) is 0 Å². The molecule has 3 nitrogen and oxygen atoms in total. The summed E-state index contributed by atoms with van der Waals surface area (Å²) < 4.78 is 13.6. The molecule has 0 saturated carbocycles. The normalized spacial score (nSPS) is 12.0. The van der Waals surface area contributed by atoms with E-state index in [-0.39, 0.29) is 17.1 Å². The average Bonchev–Trinajstić information content (AvgIpc) is 2.45. The number of amides is 1. The first kappa shape index (κ1) is 15.5. The molecule has 21 heavy (non-hydrogen) atoms. The summed E-state index contributed by atoms with van der Waals surface area (Å²) in [6, 6.07) is 11.2. The molecule has 0 aliphatic rings. The van der Waals surface area contributed by atoms with E-state index in [1.165, 1.54) is 12.1 Å². The molecule has 0 heterocycles. The molecule has 2 aromatic carbocycles. The summed E-state index contributed by atoms with van der Waals surface area (Å²) in [4.78, 5) is 11.9. The minimum atomic E-state index is -0.842. The topological polar surface area (TPSA) is 49.3 Å². The number of rotatable bonds is 4. The molecule has 1 amide bonds. The molecule has 110 valence electrons. The molecule has 2 rings (SSSR count). The summed E-state index contributed by atoms with van der Waals surface area (Å²) in [5.41, 5.74) is 1.56. The Labute approximate surface area is 127 Å². The molecule has 0 aliphatic carbocycles. The van der Waals surface area contributed by atoms with Gasteiger partial charge >= 0.3 is 0 Å². The Morgan fingerprint density at radius 2 is 2.05 bits per heavy atom. The number of hydrogen-bond donors (Lipinski definition) is 2. The lowest BCUT2D eigenvalue weighted by atomic mass is 10.0. The second-order valence-electron chi connectivity index (χ2n) is 4.71. The molecule has 5 heteroatoms. The van der Waals surface area contributed by atoms with Crippen LogP contribution in [0, 0.1) is 12.7 Å². The van der Waals surface area contributed by atoms with E-state index in [1.807, 2.05) is 25.1 Å². The fraction of sp³-hybridized carbons (Fsp3) is 0.188. The Bertz CT molecular complexity index is 660. The van der Waals surface area contributed by atoms with Gasteiger partial charge in [-0.2, -0.15) is 0 Å². The Hall–Kier alpha value is -1.91. The van der Waals surface area contributed by atoms with Crippen molar-refractivity contribution in [2.75, 3.05) is 6.54 Å². The van der Waals surface area contributed by atoms with Gasteiger partial charge in [0.05, 0.1) is 11.7 Å². The molecule has 2 aromatic rings. The van der Waals surface area contributed by atoms with Gasteiger partial charge in [-0.05, 0) is 36.2 Å². The lowest BCUT2D eigenvalue weighted by molar-refractivity contribution is 0.0912. The van der Waals surface area contributed by atoms with Crippen LogP contribution in [-0.4, -0.2) is 17.6 Å². The minimum Gasteiger partial charge on any atom is -0.387 e. The molecule has 0 radical (unpaired) electrons. The first-order chi connectivity index (χ1) is 9.99. The number of nitrogens with one attached hydrogen (secondary N) is 1. The second kappa shape index (κ2) is 6.70. The Morgan fingerprint density at radius 3 is 2.71 bits per heavy atom. The minimum absolute atomic E-state index is 0.00571. The number of hydrogen-bond acceptors (Lipinski definition) is 2. The van der Waals surface area contributed by atoms with Gasteiger partial charge in [0.25, 0.3) is 5.91 Å². The number of carbonyl (C=O) groups is 1. The zero-order valence-electron chi connectivity index (χ0n) is 11.4. The number of benzene rings is 2. The fourth-order valence-corrected chi connectivity index (χ4v) is 2.19. The van der Waals surface area contributed by atoms with E-state index in [2.05, 4.69) is 5.32 Å². The molecule has 0 saturated heterocycles. The van der Waals surface area contributed by atoms with Crippen molar-refractivity contribution in [2.45, 2.75) is 13.0 Å². The quantitative estimate of drug-likeness (QED) is 0.911. The van der Waals surface area contributed by atoms with Crippen LogP contribution in [0.15, 0.2) is 42.5 Å². The van der Waals surface area contributed by atoms with Crippen LogP contribution in [-0.2, 0) is 0 Å². The highest BCUT2D eigenvalue weighted by molar-refractivity contribution is 6.30. The van der Waals surface area contributed by atoms with Crippen LogP contribution in [0.1, 0.15) is 27.6 Å². The number of aliphatic hydroxyl groups excluding tert-OH is 1. The van der Waals surface area contributed by atoms with Gasteiger partial charge in [0.15, 0.2) is 0 Å². The third-order valence-corrected chi connectivity index (χ3v) is 3.41. The van der Waals surface area contributed by atoms with Crippen LogP contribution in [0.2, 0.25) is 5.02 Å². The molecule has 0 aromatic heterocycles. The molecular weight excluding hydrogens is 293 g/mol. The summed E-state index contributed by atoms with van der Waals surface area (Å²) in [6.07, 6.45) is -0.842. The van der Waals surface area contributed by atoms with Gasteiger partial charge in [0.2, 0.25) is 0 Å². The number of aliphatic hydroxyl groups is 1. The zero-order valence-corrected chi connectivity index (χ0v) is 12.2. The van der Waals surface area contributed by atoms with Crippen LogP contribution in [0.5, 0.6) is 0 Å². The monoisotopic (exact) mass is 307 g/mol. The van der Waals surface area contributed by atoms with Crippen molar-refractivity contribution >= 4 is 17.5 Å². The largest absolute Gasteiger partial charge is 0.387 e. The van der Waals surface area contributed by atoms with Crippen LogP contribution < -0.4 is 5.32 Å². The van der Waals surface area contributed by atoms with Crippen molar-refractivity contribution in [3.8, 4) is 0 Å². The van der Waals surface area contributed by atoms with E-state index in [0.717, 1.165) is 17.2 Å². The van der Waals surface area contributed by atoms with E-state index < -0.39 is 17.8 Å². The Balaban J connectivity index is 2.02. The van der Waals surface area contributed by atoms with E-state index in [4.69, 9.17) is 11.6 Å². The van der Waals surface area contributed by atoms with Crippen LogP contribution in [0.3, 0.4) is 0 Å². The van der Waals surface area contributed by atoms with Crippen molar-refractivity contribution < 1.29 is 14.3 Å². The third-order valence-electron chi connectivity index (χ3n) is 3.18. The predicted molar refractivity (Wildman–Crippen MR) is 79.9 cm³/mol. The summed E-state index contributed by atoms with van der Waals surface area (Å²) in [5, 5.41) is 12.8. The number of halogens is 2. The van der Waals surface area contributed by atoms with Crippen molar-refractivity contribution in [3.63, 3.8) is 0 Å². The van der Waals surface area contributed by atoms with Crippen molar-refractivity contribution in [1.29, 1.82) is 0 Å². The summed E-state index contributed by atoms with van der Waals surface area (Å²) >= 11 is 5.63. The molecule has 0 bridgehead atoms. The molecule has 0 spiro atoms. The van der Waals surface area contributed by atoms with Crippen LogP contribution >= 0.6 is 11.6 Å². The van der Waals surface area contributed by atoms with Gasteiger partial charge in [0, 0.05) is 11.6 Å². The van der Waals surface area contributed by atoms with Crippen molar-refractivity contribution in [3.05, 3.63) is 70.0 Å². The Morgan fingerprint density at radius 1 is 1.33 bits per heavy atom. The van der Waals surface area contributed by atoms with Gasteiger partial charge in [-0.3, -0.25) is 4.79 Å². The van der Waals surface area contributed by atoms with Gasteiger partial charge in [-0.1, -0.05) is 35.9 Å². The second-order valence-corrected chi connectivity index (χ2v) is 5.14. The van der Waals surface area contributed by atoms with Crippen LogP contribution in [0.4, 0.5) is 4.39 Å². The van der Waals surface area contributed by atoms with Gasteiger partial charge in [0.1, 0.15) is 5.82 Å². The summed E-state index contributed by atoms with van der Waals surface area (Å²) in [5.74, 6) is -1.28. The number of carbonyl (C=O) groups excluding carboxylic acids is 1. The lowest BCUT2D eigenvalue weighted by Gasteiger charge is -2.14. The SMILES string of the molecule is Cc1ccccc1C(O)CNC(=O)c1ccc(Cl)cc1F. The zero-order chi connectivity index (χ0) is 15.4. The van der Waals surface area contributed by atoms with E-state index in [0.29, 0.717) is 0 Å². The maximum Gasteiger partial charge on any atom is 0.254 e. The van der Waals surface area contributed by atoms with E-state index in [9.17, 15) is 14.3 Å². The Kier molecular flexibility index (Phi) is 4.94. The first-order valence-corrected chi connectivity index (χ1v) is 6.83. The predicted octanol–water partition coefficient (Wildman–Crippen LogP) is 3.25. The van der Waals surface area contributed by atoms with E-state index in [1.54, 1.807) is 6.07 Å².